The molecule has 7 nitrogen and oxygen atoms in total. The van der Waals surface area contributed by atoms with Crippen LogP contribution in [-0.4, -0.2) is 65.0 Å². The Morgan fingerprint density at radius 2 is 1.96 bits per heavy atom. The first-order valence-corrected chi connectivity index (χ1v) is 9.21. The Morgan fingerprint density at radius 3 is 2.70 bits per heavy atom. The lowest BCUT2D eigenvalue weighted by Crippen LogP contribution is -2.37. The summed E-state index contributed by atoms with van der Waals surface area (Å²) in [5.41, 5.74) is 3.96. The maximum Gasteiger partial charge on any atom is 0.182 e. The minimum absolute atomic E-state index is 0.00288. The summed E-state index contributed by atoms with van der Waals surface area (Å²) in [6, 6.07) is 9.91. The van der Waals surface area contributed by atoms with Gasteiger partial charge in [0.15, 0.2) is 11.6 Å². The molecule has 0 aliphatic carbocycles. The Labute approximate surface area is 158 Å². The summed E-state index contributed by atoms with van der Waals surface area (Å²) in [7, 11) is 4.12. The van der Waals surface area contributed by atoms with E-state index in [-0.39, 0.29) is 6.61 Å². The monoisotopic (exact) mass is 367 g/mol. The second-order valence-electron chi connectivity index (χ2n) is 7.13. The van der Waals surface area contributed by atoms with Gasteiger partial charge in [-0.05, 0) is 37.4 Å². The smallest absolute Gasteiger partial charge is 0.182 e. The molecule has 1 aliphatic heterocycles. The molecule has 3 aromatic rings. The number of hydrogen-bond acceptors (Lipinski definition) is 6. The van der Waals surface area contributed by atoms with Crippen molar-refractivity contribution in [2.24, 2.45) is 0 Å². The fourth-order valence-electron chi connectivity index (χ4n) is 3.43. The fourth-order valence-corrected chi connectivity index (χ4v) is 3.43. The van der Waals surface area contributed by atoms with Gasteiger partial charge in [0, 0.05) is 31.4 Å². The molecule has 0 spiro atoms. The van der Waals surface area contributed by atoms with Crippen LogP contribution in [0.2, 0.25) is 0 Å². The van der Waals surface area contributed by atoms with Crippen molar-refractivity contribution in [2.75, 3.05) is 45.3 Å². The molecule has 0 saturated carbocycles. The number of anilines is 1. The first-order chi connectivity index (χ1) is 13.1. The standard InChI is InChI=1S/C20H25N5O2/c1-23(2)12-16-11-18-20(24-6-8-27-9-7-24)21-19(22-25(18)13-16)17-5-3-4-15(10-17)14-26/h3-5,10-11,13,26H,6-9,12,14H2,1-2H3. The van der Waals surface area contributed by atoms with E-state index in [2.05, 4.69) is 36.2 Å². The molecule has 0 unspecified atom stereocenters. The van der Waals surface area contributed by atoms with Crippen LogP contribution in [0.15, 0.2) is 36.5 Å². The molecule has 0 amide bonds. The SMILES string of the molecule is CN(C)Cc1cc2c(N3CCOCC3)nc(-c3cccc(CO)c3)nn2c1. The molecule has 27 heavy (non-hydrogen) atoms. The molecule has 0 bridgehead atoms. The second-order valence-corrected chi connectivity index (χ2v) is 7.13. The lowest BCUT2D eigenvalue weighted by Gasteiger charge is -2.28. The third kappa shape index (κ3) is 3.80. The summed E-state index contributed by atoms with van der Waals surface area (Å²) < 4.78 is 7.44. The highest BCUT2D eigenvalue weighted by Crippen LogP contribution is 2.26. The van der Waals surface area contributed by atoms with Crippen LogP contribution in [0, 0.1) is 0 Å². The molecule has 142 valence electrons. The summed E-state index contributed by atoms with van der Waals surface area (Å²) in [4.78, 5) is 9.31. The van der Waals surface area contributed by atoms with Gasteiger partial charge in [0.2, 0.25) is 0 Å². The van der Waals surface area contributed by atoms with Gasteiger partial charge in [0.1, 0.15) is 5.52 Å². The third-order valence-corrected chi connectivity index (χ3v) is 4.68. The molecule has 1 aromatic carbocycles. The van der Waals surface area contributed by atoms with Crippen molar-refractivity contribution in [1.82, 2.24) is 19.5 Å². The van der Waals surface area contributed by atoms with Crippen molar-refractivity contribution < 1.29 is 9.84 Å². The van der Waals surface area contributed by atoms with Crippen molar-refractivity contribution in [2.45, 2.75) is 13.2 Å². The Kier molecular flexibility index (Phi) is 5.07. The molecular weight excluding hydrogens is 342 g/mol. The molecule has 1 N–H and O–H groups in total. The quantitative estimate of drug-likeness (QED) is 0.742. The number of morpholine rings is 1. The lowest BCUT2D eigenvalue weighted by molar-refractivity contribution is 0.122. The normalized spacial score (nSPS) is 15.0. The first kappa shape index (κ1) is 17.9. The van der Waals surface area contributed by atoms with E-state index in [0.717, 1.165) is 42.1 Å². The van der Waals surface area contributed by atoms with Gasteiger partial charge in [-0.15, -0.1) is 5.10 Å². The summed E-state index contributed by atoms with van der Waals surface area (Å²) in [6.07, 6.45) is 2.07. The van der Waals surface area contributed by atoms with E-state index in [0.29, 0.717) is 19.0 Å². The maximum absolute atomic E-state index is 9.45. The molecule has 7 heteroatoms. The van der Waals surface area contributed by atoms with Crippen LogP contribution in [-0.2, 0) is 17.9 Å². The molecule has 1 fully saturated rings. The number of aliphatic hydroxyl groups is 1. The fraction of sp³-hybridized carbons (Fsp3) is 0.400. The van der Waals surface area contributed by atoms with E-state index >= 15 is 0 Å². The van der Waals surface area contributed by atoms with Crippen LogP contribution in [0.3, 0.4) is 0 Å². The van der Waals surface area contributed by atoms with Gasteiger partial charge in [-0.1, -0.05) is 18.2 Å². The largest absolute Gasteiger partial charge is 0.392 e. The zero-order chi connectivity index (χ0) is 18.8. The van der Waals surface area contributed by atoms with Crippen LogP contribution in [0.5, 0.6) is 0 Å². The first-order valence-electron chi connectivity index (χ1n) is 9.21. The molecule has 4 rings (SSSR count). The highest BCUT2D eigenvalue weighted by atomic mass is 16.5. The third-order valence-electron chi connectivity index (χ3n) is 4.68. The number of rotatable bonds is 5. The molecule has 0 atom stereocenters. The summed E-state index contributed by atoms with van der Waals surface area (Å²) in [6.45, 7) is 3.89. The van der Waals surface area contributed by atoms with E-state index in [1.54, 1.807) is 0 Å². The number of hydrogen-bond donors (Lipinski definition) is 1. The van der Waals surface area contributed by atoms with Gasteiger partial charge in [-0.2, -0.15) is 0 Å². The Hall–Kier alpha value is -2.48. The highest BCUT2D eigenvalue weighted by Gasteiger charge is 2.19. The highest BCUT2D eigenvalue weighted by molar-refractivity contribution is 5.72. The van der Waals surface area contributed by atoms with Crippen LogP contribution < -0.4 is 4.90 Å². The Balaban J connectivity index is 1.84. The number of nitrogens with zero attached hydrogens (tertiary/aromatic N) is 5. The van der Waals surface area contributed by atoms with E-state index in [4.69, 9.17) is 14.8 Å². The van der Waals surface area contributed by atoms with E-state index in [1.807, 2.05) is 28.8 Å². The zero-order valence-corrected chi connectivity index (χ0v) is 15.8. The van der Waals surface area contributed by atoms with Crippen molar-refractivity contribution in [1.29, 1.82) is 0 Å². The number of fused-ring (bicyclic) bond motifs is 1. The molecule has 0 radical (unpaired) electrons. The number of aliphatic hydroxyl groups excluding tert-OH is 1. The number of ether oxygens (including phenoxy) is 1. The van der Waals surface area contributed by atoms with E-state index < -0.39 is 0 Å². The second kappa shape index (κ2) is 7.64. The topological polar surface area (TPSA) is 66.1 Å². The van der Waals surface area contributed by atoms with Gasteiger partial charge in [0.25, 0.3) is 0 Å². The van der Waals surface area contributed by atoms with Gasteiger partial charge in [-0.25, -0.2) is 9.50 Å². The van der Waals surface area contributed by atoms with Gasteiger partial charge < -0.3 is 19.6 Å². The summed E-state index contributed by atoms with van der Waals surface area (Å²) in [5.74, 6) is 1.59. The zero-order valence-electron chi connectivity index (χ0n) is 15.8. The summed E-state index contributed by atoms with van der Waals surface area (Å²) in [5, 5.41) is 14.2. The van der Waals surface area contributed by atoms with Crippen molar-refractivity contribution in [3.63, 3.8) is 0 Å². The van der Waals surface area contributed by atoms with Gasteiger partial charge in [-0.3, -0.25) is 0 Å². The van der Waals surface area contributed by atoms with Crippen LogP contribution in [0.25, 0.3) is 16.9 Å². The molecule has 2 aromatic heterocycles. The molecule has 3 heterocycles. The van der Waals surface area contributed by atoms with Crippen LogP contribution in [0.1, 0.15) is 11.1 Å². The average Bonchev–Trinajstić information content (AvgIpc) is 3.09. The van der Waals surface area contributed by atoms with E-state index in [1.165, 1.54) is 5.56 Å². The maximum atomic E-state index is 9.45. The number of benzene rings is 1. The average molecular weight is 367 g/mol. The number of aromatic nitrogens is 3. The molecule has 1 aliphatic rings. The van der Waals surface area contributed by atoms with Crippen LogP contribution in [0.4, 0.5) is 5.82 Å². The molecule has 1 saturated heterocycles. The van der Waals surface area contributed by atoms with Crippen molar-refractivity contribution >= 4 is 11.3 Å². The Morgan fingerprint density at radius 1 is 1.15 bits per heavy atom. The lowest BCUT2D eigenvalue weighted by atomic mass is 10.1. The summed E-state index contributed by atoms with van der Waals surface area (Å²) >= 11 is 0. The molecular formula is C20H25N5O2. The minimum atomic E-state index is 0.00288. The van der Waals surface area contributed by atoms with Crippen molar-refractivity contribution in [3.05, 3.63) is 47.7 Å². The Bertz CT molecular complexity index is 931. The van der Waals surface area contributed by atoms with Gasteiger partial charge >= 0.3 is 0 Å². The van der Waals surface area contributed by atoms with Crippen LogP contribution >= 0.6 is 0 Å². The van der Waals surface area contributed by atoms with Gasteiger partial charge in [0.05, 0.1) is 19.8 Å². The minimum Gasteiger partial charge on any atom is -0.392 e. The predicted octanol–water partition coefficient (Wildman–Crippen LogP) is 1.79. The van der Waals surface area contributed by atoms with E-state index in [9.17, 15) is 5.11 Å². The van der Waals surface area contributed by atoms with Crippen molar-refractivity contribution in [3.8, 4) is 11.4 Å². The predicted molar refractivity (Wildman–Crippen MR) is 105 cm³/mol.